The minimum atomic E-state index is 0.688. The van der Waals surface area contributed by atoms with E-state index in [1.165, 1.54) is 77.0 Å². The first-order valence-corrected chi connectivity index (χ1v) is 10.3. The van der Waals surface area contributed by atoms with Gasteiger partial charge in [0.15, 0.2) is 0 Å². The van der Waals surface area contributed by atoms with E-state index in [2.05, 4.69) is 14.8 Å². The Hall–Kier alpha value is 0.0649. The Labute approximate surface area is 135 Å². The molecular weight excluding hydrogens is 251 g/mol. The molecule has 0 aromatic rings. The second-order valence-corrected chi connectivity index (χ2v) is 8.34. The molecular formula is C20H39B. The highest BCUT2D eigenvalue weighted by Crippen LogP contribution is 2.55. The average molecular weight is 290 g/mol. The summed E-state index contributed by atoms with van der Waals surface area (Å²) >= 11 is 0. The molecule has 0 N–H and O–H groups in total. The van der Waals surface area contributed by atoms with Gasteiger partial charge in [0.1, 0.15) is 7.85 Å². The van der Waals surface area contributed by atoms with Crippen LogP contribution in [0.4, 0.5) is 0 Å². The molecule has 2 aliphatic carbocycles. The molecule has 0 saturated heterocycles. The van der Waals surface area contributed by atoms with Crippen molar-refractivity contribution in [1.82, 2.24) is 0 Å². The minimum absolute atomic E-state index is 0.688. The highest BCUT2D eigenvalue weighted by atomic mass is 14.4. The zero-order valence-electron chi connectivity index (χ0n) is 15.0. The van der Waals surface area contributed by atoms with E-state index in [0.29, 0.717) is 5.31 Å². The maximum absolute atomic E-state index is 2.71. The second kappa shape index (κ2) is 9.26. The predicted molar refractivity (Wildman–Crippen MR) is 97.8 cm³/mol. The molecule has 0 unspecified atom stereocenters. The van der Waals surface area contributed by atoms with Crippen LogP contribution in [0, 0.1) is 11.8 Å². The van der Waals surface area contributed by atoms with Crippen LogP contribution in [0.3, 0.4) is 0 Å². The standard InChI is InChI=1S/C20H39B/c1-2-3-4-5-12-17-20(21,18-13-8-6-9-14-18)19-15-10-7-11-16-19/h18-19H,2-17,21H2,1H3. The zero-order chi connectivity index (χ0) is 15.0. The molecule has 0 bridgehead atoms. The fourth-order valence-corrected chi connectivity index (χ4v) is 5.38. The third-order valence-corrected chi connectivity index (χ3v) is 6.89. The van der Waals surface area contributed by atoms with E-state index in [0.717, 1.165) is 11.8 Å². The van der Waals surface area contributed by atoms with Crippen LogP contribution in [0.25, 0.3) is 0 Å². The molecule has 2 saturated carbocycles. The van der Waals surface area contributed by atoms with Crippen LogP contribution < -0.4 is 0 Å². The maximum atomic E-state index is 2.71. The fraction of sp³-hybridized carbons (Fsp3) is 1.00. The summed E-state index contributed by atoms with van der Waals surface area (Å²) in [7, 11) is 2.71. The molecule has 0 atom stereocenters. The van der Waals surface area contributed by atoms with Crippen LogP contribution in [0.5, 0.6) is 0 Å². The van der Waals surface area contributed by atoms with Crippen molar-refractivity contribution in [2.75, 3.05) is 0 Å². The molecule has 0 aliphatic heterocycles. The van der Waals surface area contributed by atoms with Gasteiger partial charge in [0, 0.05) is 0 Å². The van der Waals surface area contributed by atoms with E-state index in [9.17, 15) is 0 Å². The lowest BCUT2D eigenvalue weighted by Gasteiger charge is -2.48. The Morgan fingerprint density at radius 3 is 1.67 bits per heavy atom. The van der Waals surface area contributed by atoms with Crippen LogP contribution in [-0.4, -0.2) is 7.85 Å². The topological polar surface area (TPSA) is 0 Å². The summed E-state index contributed by atoms with van der Waals surface area (Å²) in [5.41, 5.74) is 0. The van der Waals surface area contributed by atoms with Gasteiger partial charge in [-0.2, -0.15) is 0 Å². The summed E-state index contributed by atoms with van der Waals surface area (Å²) in [5.74, 6) is 2.11. The number of rotatable bonds is 8. The monoisotopic (exact) mass is 290 g/mol. The first-order chi connectivity index (χ1) is 10.3. The summed E-state index contributed by atoms with van der Waals surface area (Å²) in [6, 6.07) is 0. The molecule has 0 aromatic carbocycles. The smallest absolute Gasteiger partial charge is 0.0654 e. The SMILES string of the molecule is BC(CCCCCCC)(C1CCCCC1)C1CCCCC1. The van der Waals surface area contributed by atoms with Gasteiger partial charge in [-0.05, 0) is 11.8 Å². The van der Waals surface area contributed by atoms with Crippen LogP contribution >= 0.6 is 0 Å². The molecule has 21 heavy (non-hydrogen) atoms. The second-order valence-electron chi connectivity index (χ2n) is 8.34. The third-order valence-electron chi connectivity index (χ3n) is 6.89. The first kappa shape index (κ1) is 17.4. The zero-order valence-corrected chi connectivity index (χ0v) is 15.0. The average Bonchev–Trinajstić information content (AvgIpc) is 2.56. The normalized spacial score (nSPS) is 22.5. The largest absolute Gasteiger partial charge is 0.110 e. The van der Waals surface area contributed by atoms with Gasteiger partial charge in [0.25, 0.3) is 0 Å². The molecule has 0 spiro atoms. The minimum Gasteiger partial charge on any atom is -0.0654 e. The van der Waals surface area contributed by atoms with Crippen molar-refractivity contribution < 1.29 is 0 Å². The van der Waals surface area contributed by atoms with E-state index in [-0.39, 0.29) is 0 Å². The first-order valence-electron chi connectivity index (χ1n) is 10.3. The van der Waals surface area contributed by atoms with Crippen molar-refractivity contribution in [2.45, 2.75) is 115 Å². The molecule has 1 heteroatoms. The highest BCUT2D eigenvalue weighted by molar-refractivity contribution is 6.15. The summed E-state index contributed by atoms with van der Waals surface area (Å²) in [6.45, 7) is 2.33. The van der Waals surface area contributed by atoms with Crippen LogP contribution in [0.1, 0.15) is 110 Å². The summed E-state index contributed by atoms with van der Waals surface area (Å²) < 4.78 is 0. The van der Waals surface area contributed by atoms with Gasteiger partial charge < -0.3 is 0 Å². The molecule has 2 fully saturated rings. The van der Waals surface area contributed by atoms with Gasteiger partial charge >= 0.3 is 0 Å². The van der Waals surface area contributed by atoms with Crippen LogP contribution in [-0.2, 0) is 0 Å². The van der Waals surface area contributed by atoms with Crippen molar-refractivity contribution in [3.05, 3.63) is 0 Å². The van der Waals surface area contributed by atoms with E-state index in [1.54, 1.807) is 25.7 Å². The van der Waals surface area contributed by atoms with Gasteiger partial charge in [0.2, 0.25) is 0 Å². The Balaban J connectivity index is 1.91. The quantitative estimate of drug-likeness (QED) is 0.363. The maximum Gasteiger partial charge on any atom is 0.110 e. The van der Waals surface area contributed by atoms with E-state index in [4.69, 9.17) is 0 Å². The molecule has 2 aliphatic rings. The van der Waals surface area contributed by atoms with Crippen LogP contribution in [0.15, 0.2) is 0 Å². The molecule has 0 amide bonds. The summed E-state index contributed by atoms with van der Waals surface area (Å²) in [4.78, 5) is 0. The number of hydrogen-bond donors (Lipinski definition) is 0. The Bertz CT molecular complexity index is 243. The summed E-state index contributed by atoms with van der Waals surface area (Å²) in [5, 5.41) is 0.688. The van der Waals surface area contributed by atoms with E-state index >= 15 is 0 Å². The van der Waals surface area contributed by atoms with E-state index < -0.39 is 0 Å². The Morgan fingerprint density at radius 1 is 0.714 bits per heavy atom. The van der Waals surface area contributed by atoms with Gasteiger partial charge in [0.05, 0.1) is 0 Å². The lowest BCUT2D eigenvalue weighted by molar-refractivity contribution is 0.149. The molecule has 0 radical (unpaired) electrons. The highest BCUT2D eigenvalue weighted by Gasteiger charge is 2.40. The van der Waals surface area contributed by atoms with Crippen molar-refractivity contribution >= 4 is 7.85 Å². The van der Waals surface area contributed by atoms with E-state index in [1.807, 2.05) is 0 Å². The number of hydrogen-bond acceptors (Lipinski definition) is 0. The lowest BCUT2D eigenvalue weighted by Crippen LogP contribution is -2.34. The van der Waals surface area contributed by atoms with Gasteiger partial charge in [-0.25, -0.2) is 0 Å². The van der Waals surface area contributed by atoms with Gasteiger partial charge in [-0.15, -0.1) is 0 Å². The Kier molecular flexibility index (Phi) is 7.68. The lowest BCUT2D eigenvalue weighted by atomic mass is 9.47. The molecule has 0 nitrogen and oxygen atoms in total. The molecule has 122 valence electrons. The van der Waals surface area contributed by atoms with Crippen molar-refractivity contribution in [3.8, 4) is 0 Å². The summed E-state index contributed by atoms with van der Waals surface area (Å²) in [6.07, 6.45) is 24.1. The Morgan fingerprint density at radius 2 is 1.19 bits per heavy atom. The molecule has 0 aromatic heterocycles. The van der Waals surface area contributed by atoms with Crippen molar-refractivity contribution in [1.29, 1.82) is 0 Å². The molecule has 0 heterocycles. The number of unbranched alkanes of at least 4 members (excludes halogenated alkanes) is 4. The van der Waals surface area contributed by atoms with Crippen molar-refractivity contribution in [2.24, 2.45) is 11.8 Å². The molecule has 2 rings (SSSR count). The van der Waals surface area contributed by atoms with Gasteiger partial charge in [-0.1, -0.05) is 115 Å². The third kappa shape index (κ3) is 5.03. The van der Waals surface area contributed by atoms with Gasteiger partial charge in [-0.3, -0.25) is 0 Å². The predicted octanol–water partition coefficient (Wildman–Crippen LogP) is 6.30. The van der Waals surface area contributed by atoms with Crippen molar-refractivity contribution in [3.63, 3.8) is 0 Å². The fourth-order valence-electron chi connectivity index (χ4n) is 5.38. The van der Waals surface area contributed by atoms with Crippen LogP contribution in [0.2, 0.25) is 5.31 Å².